The predicted octanol–water partition coefficient (Wildman–Crippen LogP) is 2.52. The smallest absolute Gasteiger partial charge is 0.481 e. The lowest BCUT2D eigenvalue weighted by Gasteiger charge is -2.14. The Labute approximate surface area is 108 Å². The number of rotatable bonds is 3. The number of aromatic nitrogens is 1. The van der Waals surface area contributed by atoms with Crippen molar-refractivity contribution in [3.63, 3.8) is 0 Å². The summed E-state index contributed by atoms with van der Waals surface area (Å²) in [6.45, 7) is 1.50. The van der Waals surface area contributed by atoms with E-state index in [0.29, 0.717) is 5.69 Å². The summed E-state index contributed by atoms with van der Waals surface area (Å²) in [7, 11) is 0. The van der Waals surface area contributed by atoms with E-state index in [-0.39, 0.29) is 9.26 Å². The molecule has 17 heavy (non-hydrogen) atoms. The van der Waals surface area contributed by atoms with Gasteiger partial charge in [-0.2, -0.15) is 0 Å². The molecule has 0 spiro atoms. The molecule has 0 aliphatic heterocycles. The third-order valence-electron chi connectivity index (χ3n) is 1.71. The average Bonchev–Trinajstić information content (AvgIpc) is 2.07. The zero-order chi connectivity index (χ0) is 13.2. The molecule has 1 N–H and O–H groups in total. The maximum absolute atomic E-state index is 12.1. The Morgan fingerprint density at radius 1 is 1.59 bits per heavy atom. The Kier molecular flexibility index (Phi) is 4.17. The molecule has 0 saturated carbocycles. The first-order valence-corrected chi connectivity index (χ1v) is 5.40. The Morgan fingerprint density at radius 3 is 2.65 bits per heavy atom. The van der Waals surface area contributed by atoms with Crippen molar-refractivity contribution in [3.05, 3.63) is 21.0 Å². The molecule has 1 aromatic heterocycles. The molecule has 94 valence electrons. The summed E-state index contributed by atoms with van der Waals surface area (Å²) in [6.07, 6.45) is -5.43. The number of hydrogen-bond donors (Lipinski definition) is 1. The quantitative estimate of drug-likeness (QED) is 0.664. The van der Waals surface area contributed by atoms with Crippen LogP contribution in [0.15, 0.2) is 6.07 Å². The van der Waals surface area contributed by atoms with E-state index < -0.39 is 24.5 Å². The Hall–Kier alpha value is -1.06. The standard InChI is InChI=1S/C9H7F3INO3/c1-4-2-6(17-9(10,11)12)5(3-7(15)16)8(13)14-4/h2H,3H2,1H3,(H,15,16). The third kappa shape index (κ3) is 4.36. The third-order valence-corrected chi connectivity index (χ3v) is 2.61. The van der Waals surface area contributed by atoms with Crippen LogP contribution in [0.5, 0.6) is 5.75 Å². The van der Waals surface area contributed by atoms with Crippen LogP contribution < -0.4 is 4.74 Å². The van der Waals surface area contributed by atoms with E-state index in [9.17, 15) is 18.0 Å². The van der Waals surface area contributed by atoms with Crippen LogP contribution in [0.3, 0.4) is 0 Å². The topological polar surface area (TPSA) is 59.4 Å². The number of carboxylic acid groups (broad SMARTS) is 1. The second-order valence-electron chi connectivity index (χ2n) is 3.15. The summed E-state index contributed by atoms with van der Waals surface area (Å²) >= 11 is 1.67. The highest BCUT2D eigenvalue weighted by molar-refractivity contribution is 14.1. The summed E-state index contributed by atoms with van der Waals surface area (Å²) in [6, 6.07) is 1.06. The molecule has 8 heteroatoms. The number of halogens is 4. The Morgan fingerprint density at radius 2 is 2.18 bits per heavy atom. The average molecular weight is 361 g/mol. The van der Waals surface area contributed by atoms with Gasteiger partial charge in [0.05, 0.1) is 6.42 Å². The maximum Gasteiger partial charge on any atom is 0.573 e. The van der Waals surface area contributed by atoms with Crippen molar-refractivity contribution in [3.8, 4) is 5.75 Å². The summed E-state index contributed by atoms with van der Waals surface area (Å²) in [5, 5.41) is 8.62. The number of aryl methyl sites for hydroxylation is 1. The van der Waals surface area contributed by atoms with Crippen molar-refractivity contribution in [1.82, 2.24) is 4.98 Å². The van der Waals surface area contributed by atoms with Crippen LogP contribution in [0.25, 0.3) is 0 Å². The number of aliphatic carboxylic acids is 1. The lowest BCUT2D eigenvalue weighted by molar-refractivity contribution is -0.275. The van der Waals surface area contributed by atoms with Crippen molar-refractivity contribution in [1.29, 1.82) is 0 Å². The number of carbonyl (C=O) groups is 1. The lowest BCUT2D eigenvalue weighted by Crippen LogP contribution is -2.19. The van der Waals surface area contributed by atoms with Crippen LogP contribution in [0.2, 0.25) is 0 Å². The van der Waals surface area contributed by atoms with Crippen LogP contribution >= 0.6 is 22.6 Å². The molecule has 4 nitrogen and oxygen atoms in total. The predicted molar refractivity (Wildman–Crippen MR) is 59.7 cm³/mol. The van der Waals surface area contributed by atoms with Gasteiger partial charge in [-0.15, -0.1) is 13.2 Å². The molecule has 0 atom stereocenters. The zero-order valence-electron chi connectivity index (χ0n) is 8.51. The monoisotopic (exact) mass is 361 g/mol. The molecule has 0 aliphatic carbocycles. The number of nitrogens with zero attached hydrogens (tertiary/aromatic N) is 1. The second-order valence-corrected chi connectivity index (χ2v) is 4.17. The minimum Gasteiger partial charge on any atom is -0.481 e. The fourth-order valence-electron chi connectivity index (χ4n) is 1.16. The molecular weight excluding hydrogens is 354 g/mol. The second kappa shape index (κ2) is 5.07. The molecule has 0 bridgehead atoms. The SMILES string of the molecule is Cc1cc(OC(F)(F)F)c(CC(=O)O)c(I)n1. The van der Waals surface area contributed by atoms with Gasteiger partial charge in [0.15, 0.2) is 0 Å². The minimum atomic E-state index is -4.86. The molecule has 0 saturated heterocycles. The van der Waals surface area contributed by atoms with Gasteiger partial charge in [-0.25, -0.2) is 4.98 Å². The number of carboxylic acids is 1. The fourth-order valence-corrected chi connectivity index (χ4v) is 2.00. The first kappa shape index (κ1) is 14.0. The Bertz CT molecular complexity index is 448. The van der Waals surface area contributed by atoms with Gasteiger partial charge in [0.1, 0.15) is 9.45 Å². The van der Waals surface area contributed by atoms with E-state index in [2.05, 4.69) is 9.72 Å². The van der Waals surface area contributed by atoms with E-state index in [1.54, 1.807) is 22.6 Å². The van der Waals surface area contributed by atoms with E-state index in [0.717, 1.165) is 6.07 Å². The summed E-state index contributed by atoms with van der Waals surface area (Å²) in [5.74, 6) is -1.77. The fraction of sp³-hybridized carbons (Fsp3) is 0.333. The Balaban J connectivity index is 3.20. The minimum absolute atomic E-state index is 0.0824. The van der Waals surface area contributed by atoms with Gasteiger partial charge in [-0.3, -0.25) is 4.79 Å². The molecule has 0 unspecified atom stereocenters. The van der Waals surface area contributed by atoms with Crippen LogP contribution in [0.1, 0.15) is 11.3 Å². The van der Waals surface area contributed by atoms with Crippen LogP contribution in [-0.4, -0.2) is 22.4 Å². The molecule has 1 rings (SSSR count). The van der Waals surface area contributed by atoms with Crippen molar-refractivity contribution in [2.75, 3.05) is 0 Å². The largest absolute Gasteiger partial charge is 0.573 e. The van der Waals surface area contributed by atoms with Gasteiger partial charge in [0, 0.05) is 17.3 Å². The van der Waals surface area contributed by atoms with Crippen molar-refractivity contribution < 1.29 is 27.8 Å². The zero-order valence-corrected chi connectivity index (χ0v) is 10.7. The highest BCUT2D eigenvalue weighted by Crippen LogP contribution is 2.29. The molecule has 0 aromatic carbocycles. The maximum atomic E-state index is 12.1. The van der Waals surface area contributed by atoms with E-state index in [1.165, 1.54) is 6.92 Å². The van der Waals surface area contributed by atoms with Crippen LogP contribution in [0.4, 0.5) is 13.2 Å². The first-order chi connectivity index (χ1) is 7.69. The van der Waals surface area contributed by atoms with E-state index in [1.807, 2.05) is 0 Å². The van der Waals surface area contributed by atoms with Crippen molar-refractivity contribution in [2.24, 2.45) is 0 Å². The molecule has 0 fully saturated rings. The lowest BCUT2D eigenvalue weighted by atomic mass is 10.2. The molecule has 1 aromatic rings. The number of alkyl halides is 3. The van der Waals surface area contributed by atoms with Crippen molar-refractivity contribution in [2.45, 2.75) is 19.7 Å². The highest BCUT2D eigenvalue weighted by Gasteiger charge is 2.33. The number of hydrogen-bond acceptors (Lipinski definition) is 3. The summed E-state index contributed by atoms with van der Waals surface area (Å²) < 4.78 is 40.4. The molecule has 0 amide bonds. The first-order valence-electron chi connectivity index (χ1n) is 4.32. The summed E-state index contributed by atoms with van der Waals surface area (Å²) in [5.41, 5.74) is 0.240. The highest BCUT2D eigenvalue weighted by atomic mass is 127. The van der Waals surface area contributed by atoms with Gasteiger partial charge in [-0.05, 0) is 29.5 Å². The molecule has 0 aliphatic rings. The van der Waals surface area contributed by atoms with Gasteiger partial charge < -0.3 is 9.84 Å². The molecule has 0 radical (unpaired) electrons. The molecule has 1 heterocycles. The van der Waals surface area contributed by atoms with Crippen molar-refractivity contribution >= 4 is 28.6 Å². The van der Waals surface area contributed by atoms with Gasteiger partial charge in [0.25, 0.3) is 0 Å². The van der Waals surface area contributed by atoms with Gasteiger partial charge in [0.2, 0.25) is 0 Å². The molecular formula is C9H7F3INO3. The van der Waals surface area contributed by atoms with Gasteiger partial charge in [-0.1, -0.05) is 0 Å². The van der Waals surface area contributed by atoms with Crippen LogP contribution in [-0.2, 0) is 11.2 Å². The summed E-state index contributed by atoms with van der Waals surface area (Å²) in [4.78, 5) is 14.4. The normalized spacial score (nSPS) is 11.4. The number of pyridine rings is 1. The number of ether oxygens (including phenoxy) is 1. The van der Waals surface area contributed by atoms with Gasteiger partial charge >= 0.3 is 12.3 Å². The van der Waals surface area contributed by atoms with E-state index >= 15 is 0 Å². The van der Waals surface area contributed by atoms with Crippen LogP contribution in [0, 0.1) is 10.6 Å². The van der Waals surface area contributed by atoms with E-state index in [4.69, 9.17) is 5.11 Å².